The van der Waals surface area contributed by atoms with Crippen molar-refractivity contribution >= 4 is 11.9 Å². The van der Waals surface area contributed by atoms with Gasteiger partial charge in [-0.1, -0.05) is 54.1 Å². The molecule has 4 rings (SSSR count). The molecule has 0 radical (unpaired) electrons. The van der Waals surface area contributed by atoms with Crippen LogP contribution in [-0.2, 0) is 14.3 Å². The highest BCUT2D eigenvalue weighted by molar-refractivity contribution is 5.98. The Kier molecular flexibility index (Phi) is 6.47. The molecule has 32 heavy (non-hydrogen) atoms. The Balaban J connectivity index is 1.74. The Bertz CT molecular complexity index is 1040. The SMILES string of the molecule is COC(=O)[C@H](N[C@H]1C2=C(CCCC2)C(=O)N1[C@@H](C)c1ccccc1)c1ccc(C)cc1C. The second-order valence-electron chi connectivity index (χ2n) is 8.90. The molecule has 0 bridgehead atoms. The van der Waals surface area contributed by atoms with Gasteiger partial charge in [-0.2, -0.15) is 0 Å². The fourth-order valence-corrected chi connectivity index (χ4v) is 5.10. The van der Waals surface area contributed by atoms with Crippen LogP contribution >= 0.6 is 0 Å². The van der Waals surface area contributed by atoms with Gasteiger partial charge in [-0.05, 0) is 68.7 Å². The lowest BCUT2D eigenvalue weighted by Crippen LogP contribution is -2.49. The van der Waals surface area contributed by atoms with E-state index < -0.39 is 6.04 Å². The molecule has 0 aromatic heterocycles. The van der Waals surface area contributed by atoms with Crippen molar-refractivity contribution in [3.8, 4) is 0 Å². The van der Waals surface area contributed by atoms with E-state index in [1.807, 2.05) is 61.2 Å². The van der Waals surface area contributed by atoms with E-state index in [2.05, 4.69) is 18.3 Å². The van der Waals surface area contributed by atoms with E-state index in [1.54, 1.807) is 0 Å². The molecule has 1 heterocycles. The van der Waals surface area contributed by atoms with Gasteiger partial charge in [-0.25, -0.2) is 4.79 Å². The summed E-state index contributed by atoms with van der Waals surface area (Å²) in [7, 11) is 1.41. The Labute approximate surface area is 190 Å². The van der Waals surface area contributed by atoms with Crippen molar-refractivity contribution in [3.63, 3.8) is 0 Å². The molecule has 1 amide bonds. The molecule has 0 spiro atoms. The maximum absolute atomic E-state index is 13.5. The number of esters is 1. The van der Waals surface area contributed by atoms with E-state index in [0.29, 0.717) is 0 Å². The maximum atomic E-state index is 13.5. The minimum absolute atomic E-state index is 0.0813. The van der Waals surface area contributed by atoms with Gasteiger partial charge in [0.2, 0.25) is 0 Å². The minimum Gasteiger partial charge on any atom is -0.468 e. The highest BCUT2D eigenvalue weighted by atomic mass is 16.5. The fourth-order valence-electron chi connectivity index (χ4n) is 5.10. The van der Waals surface area contributed by atoms with Gasteiger partial charge in [0.25, 0.3) is 5.91 Å². The predicted octanol–water partition coefficient (Wildman–Crippen LogP) is 4.91. The number of ether oxygens (including phenoxy) is 1. The molecule has 1 aliphatic heterocycles. The smallest absolute Gasteiger partial charge is 0.327 e. The first kappa shape index (κ1) is 22.3. The first-order valence-electron chi connectivity index (χ1n) is 11.4. The summed E-state index contributed by atoms with van der Waals surface area (Å²) in [6, 6.07) is 15.4. The van der Waals surface area contributed by atoms with Crippen molar-refractivity contribution in [1.82, 2.24) is 10.2 Å². The van der Waals surface area contributed by atoms with Crippen LogP contribution in [0.25, 0.3) is 0 Å². The summed E-state index contributed by atoms with van der Waals surface area (Å²) in [5.74, 6) is -0.264. The Morgan fingerprint density at radius 3 is 2.50 bits per heavy atom. The third-order valence-electron chi connectivity index (χ3n) is 6.81. The molecule has 168 valence electrons. The molecule has 2 aliphatic rings. The first-order chi connectivity index (χ1) is 15.4. The molecular formula is C27H32N2O3. The number of carbonyl (C=O) groups is 2. The van der Waals surface area contributed by atoms with Crippen molar-refractivity contribution in [3.05, 3.63) is 81.9 Å². The minimum atomic E-state index is -0.655. The predicted molar refractivity (Wildman–Crippen MR) is 125 cm³/mol. The Morgan fingerprint density at radius 1 is 1.09 bits per heavy atom. The summed E-state index contributed by atoms with van der Waals surface area (Å²) in [5, 5.41) is 3.55. The van der Waals surface area contributed by atoms with Gasteiger partial charge >= 0.3 is 5.97 Å². The summed E-state index contributed by atoms with van der Waals surface area (Å²) in [5.41, 5.74) is 6.17. The van der Waals surface area contributed by atoms with Crippen LogP contribution in [0, 0.1) is 13.8 Å². The summed E-state index contributed by atoms with van der Waals surface area (Å²) < 4.78 is 5.18. The second-order valence-corrected chi connectivity index (χ2v) is 8.90. The number of rotatable bonds is 6. The van der Waals surface area contributed by atoms with Gasteiger partial charge in [-0.15, -0.1) is 0 Å². The monoisotopic (exact) mass is 432 g/mol. The van der Waals surface area contributed by atoms with Gasteiger partial charge in [-0.3, -0.25) is 10.1 Å². The molecule has 2 aromatic rings. The number of hydrogen-bond acceptors (Lipinski definition) is 4. The van der Waals surface area contributed by atoms with E-state index in [0.717, 1.165) is 59.1 Å². The highest BCUT2D eigenvalue weighted by Gasteiger charge is 2.44. The molecule has 0 fully saturated rings. The molecule has 0 saturated heterocycles. The quantitative estimate of drug-likeness (QED) is 0.659. The largest absolute Gasteiger partial charge is 0.468 e. The molecule has 5 nitrogen and oxygen atoms in total. The van der Waals surface area contributed by atoms with Crippen LogP contribution in [0.5, 0.6) is 0 Å². The molecule has 2 aromatic carbocycles. The zero-order chi connectivity index (χ0) is 22.8. The number of nitrogens with zero attached hydrogens (tertiary/aromatic N) is 1. The van der Waals surface area contributed by atoms with Gasteiger partial charge in [0.1, 0.15) is 12.2 Å². The van der Waals surface area contributed by atoms with Gasteiger partial charge in [0.05, 0.1) is 13.2 Å². The number of amides is 1. The Hall–Kier alpha value is -2.92. The lowest BCUT2D eigenvalue weighted by atomic mass is 9.91. The standard InChI is InChI=1S/C27H32N2O3/c1-17-14-15-21(18(2)16-17)24(27(31)32-4)28-25-22-12-8-9-13-23(22)26(30)29(25)19(3)20-10-6-5-7-11-20/h5-7,10-11,14-16,19,24-25,28H,8-9,12-13H2,1-4H3/t19-,24+,25+/m0/s1. The highest BCUT2D eigenvalue weighted by Crippen LogP contribution is 2.40. The lowest BCUT2D eigenvalue weighted by Gasteiger charge is -2.36. The van der Waals surface area contributed by atoms with Gasteiger partial charge < -0.3 is 9.64 Å². The first-order valence-corrected chi connectivity index (χ1v) is 11.4. The maximum Gasteiger partial charge on any atom is 0.327 e. The molecule has 5 heteroatoms. The van der Waals surface area contributed by atoms with Crippen LogP contribution < -0.4 is 5.32 Å². The zero-order valence-electron chi connectivity index (χ0n) is 19.4. The van der Waals surface area contributed by atoms with Gasteiger partial charge in [0, 0.05) is 5.57 Å². The number of carbonyl (C=O) groups excluding carboxylic acids is 2. The van der Waals surface area contributed by atoms with Crippen molar-refractivity contribution in [2.45, 2.75) is 64.7 Å². The average Bonchev–Trinajstić information content (AvgIpc) is 3.09. The molecule has 3 atom stereocenters. The summed E-state index contributed by atoms with van der Waals surface area (Å²) in [6.45, 7) is 6.11. The van der Waals surface area contributed by atoms with Crippen LogP contribution in [0.4, 0.5) is 0 Å². The van der Waals surface area contributed by atoms with Gasteiger partial charge in [0.15, 0.2) is 0 Å². The van der Waals surface area contributed by atoms with Crippen molar-refractivity contribution in [2.24, 2.45) is 0 Å². The van der Waals surface area contributed by atoms with E-state index in [1.165, 1.54) is 7.11 Å². The topological polar surface area (TPSA) is 58.6 Å². The molecule has 1 aliphatic carbocycles. The summed E-state index contributed by atoms with van der Waals surface area (Å²) >= 11 is 0. The van der Waals surface area contributed by atoms with E-state index in [4.69, 9.17) is 4.74 Å². The fraction of sp³-hybridized carbons (Fsp3) is 0.407. The number of nitrogens with one attached hydrogen (secondary N) is 1. The van der Waals surface area contributed by atoms with Crippen molar-refractivity contribution < 1.29 is 14.3 Å². The van der Waals surface area contributed by atoms with Crippen LogP contribution in [0.2, 0.25) is 0 Å². The number of benzene rings is 2. The van der Waals surface area contributed by atoms with Crippen LogP contribution in [0.1, 0.15) is 66.9 Å². The number of methoxy groups -OCH3 is 1. The van der Waals surface area contributed by atoms with E-state index in [9.17, 15) is 9.59 Å². The van der Waals surface area contributed by atoms with Crippen molar-refractivity contribution in [2.75, 3.05) is 7.11 Å². The molecule has 0 unspecified atom stereocenters. The number of hydrogen-bond donors (Lipinski definition) is 1. The molecule has 0 saturated carbocycles. The van der Waals surface area contributed by atoms with E-state index in [-0.39, 0.29) is 24.1 Å². The molecular weight excluding hydrogens is 400 g/mol. The second kappa shape index (κ2) is 9.29. The summed E-state index contributed by atoms with van der Waals surface area (Å²) in [4.78, 5) is 28.4. The average molecular weight is 433 g/mol. The number of aryl methyl sites for hydroxylation is 2. The third kappa shape index (κ3) is 4.09. The lowest BCUT2D eigenvalue weighted by molar-refractivity contribution is -0.144. The van der Waals surface area contributed by atoms with Crippen LogP contribution in [0.15, 0.2) is 59.7 Å². The van der Waals surface area contributed by atoms with Crippen LogP contribution in [-0.4, -0.2) is 30.1 Å². The molecule has 1 N–H and O–H groups in total. The Morgan fingerprint density at radius 2 is 1.81 bits per heavy atom. The van der Waals surface area contributed by atoms with Crippen LogP contribution in [0.3, 0.4) is 0 Å². The van der Waals surface area contributed by atoms with Crippen molar-refractivity contribution in [1.29, 1.82) is 0 Å². The third-order valence-corrected chi connectivity index (χ3v) is 6.81. The van der Waals surface area contributed by atoms with E-state index >= 15 is 0 Å². The summed E-state index contributed by atoms with van der Waals surface area (Å²) in [6.07, 6.45) is 3.43. The normalized spacial score (nSPS) is 20.2. The zero-order valence-corrected chi connectivity index (χ0v) is 19.4.